The van der Waals surface area contributed by atoms with Crippen molar-refractivity contribution in [2.75, 3.05) is 16.8 Å². The van der Waals surface area contributed by atoms with Crippen LogP contribution in [-0.2, 0) is 16.6 Å². The first-order valence-corrected chi connectivity index (χ1v) is 12.2. The van der Waals surface area contributed by atoms with Gasteiger partial charge in [-0.2, -0.15) is 11.1 Å². The Hall–Kier alpha value is -2.85. The largest absolute Gasteiger partial charge is 0.504 e. The molecule has 0 spiro atoms. The highest BCUT2D eigenvalue weighted by molar-refractivity contribution is 6.01. The highest BCUT2D eigenvalue weighted by atomic mass is 16.3. The molecule has 1 aliphatic carbocycles. The van der Waals surface area contributed by atoms with Crippen molar-refractivity contribution >= 4 is 17.3 Å². The molecule has 4 rings (SSSR count). The highest BCUT2D eigenvalue weighted by Gasteiger charge is 2.51. The molecule has 1 fully saturated rings. The third kappa shape index (κ3) is 5.23. The van der Waals surface area contributed by atoms with Crippen molar-refractivity contribution in [1.82, 2.24) is 16.5 Å². The standard InChI is InChI=1S/C26H38N6O3/c1-16(29-31-30-27)9-12-32-20-7-6-19(13-17(20)14-23(32)25(2,3)4)28-24(35)26(10-11-26)18-5-8-21(33)22(34)15-18/h5-8,13,15-16,23,29-31,33-34H,9-12,14,27H2,1-4H3,(H,28,35). The van der Waals surface area contributed by atoms with Gasteiger partial charge in [0.1, 0.15) is 0 Å². The number of carbonyl (C=O) groups is 1. The molecule has 0 bridgehead atoms. The molecule has 9 heteroatoms. The van der Waals surface area contributed by atoms with Crippen LogP contribution in [0.1, 0.15) is 58.1 Å². The van der Waals surface area contributed by atoms with E-state index in [9.17, 15) is 15.0 Å². The molecule has 2 aromatic rings. The van der Waals surface area contributed by atoms with Gasteiger partial charge >= 0.3 is 0 Å². The average Bonchev–Trinajstić information content (AvgIpc) is 3.53. The Bertz CT molecular complexity index is 1080. The molecule has 9 nitrogen and oxygen atoms in total. The zero-order chi connectivity index (χ0) is 25.4. The van der Waals surface area contributed by atoms with Gasteiger partial charge in [0, 0.05) is 30.0 Å². The van der Waals surface area contributed by atoms with E-state index < -0.39 is 5.41 Å². The zero-order valence-corrected chi connectivity index (χ0v) is 21.0. The van der Waals surface area contributed by atoms with E-state index in [0.29, 0.717) is 18.9 Å². The number of aromatic hydroxyl groups is 2. The summed E-state index contributed by atoms with van der Waals surface area (Å²) in [5.41, 5.74) is 11.6. The van der Waals surface area contributed by atoms with Crippen LogP contribution >= 0.6 is 0 Å². The SMILES string of the molecule is CC(CCN1c2ccc(NC(=O)C3(c4ccc(O)c(O)c4)CC3)cc2CC1C(C)(C)C)NNNN. The van der Waals surface area contributed by atoms with Crippen LogP contribution in [0.25, 0.3) is 0 Å². The molecule has 2 atom stereocenters. The summed E-state index contributed by atoms with van der Waals surface area (Å²) in [5.74, 6) is 4.82. The molecule has 0 saturated heterocycles. The van der Waals surface area contributed by atoms with Gasteiger partial charge in [0.05, 0.1) is 5.41 Å². The summed E-state index contributed by atoms with van der Waals surface area (Å²) < 4.78 is 0. The molecule has 0 radical (unpaired) electrons. The van der Waals surface area contributed by atoms with Crippen molar-refractivity contribution < 1.29 is 15.0 Å². The Morgan fingerprint density at radius 3 is 2.54 bits per heavy atom. The normalized spacial score (nSPS) is 19.3. The summed E-state index contributed by atoms with van der Waals surface area (Å²) >= 11 is 0. The number of amides is 1. The average molecular weight is 483 g/mol. The Labute approximate surface area is 207 Å². The lowest BCUT2D eigenvalue weighted by atomic mass is 9.84. The van der Waals surface area contributed by atoms with E-state index in [2.05, 4.69) is 66.5 Å². The number of nitrogens with zero attached hydrogens (tertiary/aromatic N) is 1. The molecule has 35 heavy (non-hydrogen) atoms. The van der Waals surface area contributed by atoms with E-state index in [-0.39, 0.29) is 28.9 Å². The van der Waals surface area contributed by atoms with Gasteiger partial charge in [-0.1, -0.05) is 26.8 Å². The number of carbonyl (C=O) groups excluding carboxylic acids is 1. The van der Waals surface area contributed by atoms with E-state index in [1.54, 1.807) is 6.07 Å². The van der Waals surface area contributed by atoms with Crippen LogP contribution < -0.4 is 32.6 Å². The quantitative estimate of drug-likeness (QED) is 0.165. The van der Waals surface area contributed by atoms with Crippen molar-refractivity contribution in [2.24, 2.45) is 11.3 Å². The van der Waals surface area contributed by atoms with Crippen molar-refractivity contribution in [2.45, 2.75) is 70.9 Å². The summed E-state index contributed by atoms with van der Waals surface area (Å²) in [6.45, 7) is 9.81. The predicted octanol–water partition coefficient (Wildman–Crippen LogP) is 2.80. The first kappa shape index (κ1) is 25.2. The van der Waals surface area contributed by atoms with Crippen LogP contribution in [0.15, 0.2) is 36.4 Å². The second-order valence-corrected chi connectivity index (χ2v) is 11.0. The van der Waals surface area contributed by atoms with Crippen molar-refractivity contribution in [3.63, 3.8) is 0 Å². The first-order valence-electron chi connectivity index (χ1n) is 12.2. The molecule has 2 aliphatic rings. The lowest BCUT2D eigenvalue weighted by Gasteiger charge is -2.37. The molecule has 1 saturated carbocycles. The van der Waals surface area contributed by atoms with Crippen LogP contribution in [0.4, 0.5) is 11.4 Å². The van der Waals surface area contributed by atoms with Crippen LogP contribution in [0.5, 0.6) is 11.5 Å². The molecule has 0 aromatic heterocycles. The topological polar surface area (TPSA) is 135 Å². The summed E-state index contributed by atoms with van der Waals surface area (Å²) in [5, 5.41) is 22.6. The van der Waals surface area contributed by atoms with E-state index in [1.807, 2.05) is 6.07 Å². The Morgan fingerprint density at radius 1 is 1.17 bits per heavy atom. The maximum Gasteiger partial charge on any atom is 0.235 e. The first-order chi connectivity index (χ1) is 16.5. The van der Waals surface area contributed by atoms with Gasteiger partial charge < -0.3 is 20.4 Å². The van der Waals surface area contributed by atoms with E-state index in [0.717, 1.165) is 30.6 Å². The minimum Gasteiger partial charge on any atom is -0.504 e. The molecule has 1 amide bonds. The van der Waals surface area contributed by atoms with Gasteiger partial charge in [0.2, 0.25) is 5.91 Å². The minimum atomic E-state index is -0.653. The minimum absolute atomic E-state index is 0.0781. The van der Waals surface area contributed by atoms with E-state index >= 15 is 0 Å². The Balaban J connectivity index is 1.50. The fourth-order valence-corrected chi connectivity index (χ4v) is 5.06. The van der Waals surface area contributed by atoms with Gasteiger partial charge in [-0.25, -0.2) is 5.43 Å². The summed E-state index contributed by atoms with van der Waals surface area (Å²) in [7, 11) is 0. The molecular weight excluding hydrogens is 444 g/mol. The van der Waals surface area contributed by atoms with Gasteiger partial charge in [-0.15, -0.1) is 0 Å². The van der Waals surface area contributed by atoms with Crippen LogP contribution in [-0.4, -0.2) is 34.7 Å². The maximum atomic E-state index is 13.3. The van der Waals surface area contributed by atoms with Crippen LogP contribution in [0.2, 0.25) is 0 Å². The fourth-order valence-electron chi connectivity index (χ4n) is 5.06. The maximum absolute atomic E-state index is 13.3. The van der Waals surface area contributed by atoms with Crippen LogP contribution in [0, 0.1) is 5.41 Å². The second-order valence-electron chi connectivity index (χ2n) is 11.0. The second kappa shape index (κ2) is 9.66. The van der Waals surface area contributed by atoms with Gasteiger partial charge in [-0.05, 0) is 79.5 Å². The van der Waals surface area contributed by atoms with Crippen molar-refractivity contribution in [1.29, 1.82) is 0 Å². The number of benzene rings is 2. The highest BCUT2D eigenvalue weighted by Crippen LogP contribution is 2.50. The zero-order valence-electron chi connectivity index (χ0n) is 21.0. The van der Waals surface area contributed by atoms with Crippen LogP contribution in [0.3, 0.4) is 0 Å². The number of hydrogen-bond donors (Lipinski definition) is 7. The monoisotopic (exact) mass is 482 g/mol. The Morgan fingerprint density at radius 2 is 1.91 bits per heavy atom. The number of anilines is 2. The third-order valence-corrected chi connectivity index (χ3v) is 7.34. The van der Waals surface area contributed by atoms with E-state index in [4.69, 9.17) is 5.84 Å². The number of phenolic OH excluding ortho intramolecular Hbond substituents is 2. The number of nitrogens with one attached hydrogen (secondary N) is 4. The van der Waals surface area contributed by atoms with Crippen molar-refractivity contribution in [3.8, 4) is 11.5 Å². The molecule has 2 aromatic carbocycles. The van der Waals surface area contributed by atoms with Gasteiger partial charge in [0.15, 0.2) is 11.5 Å². The summed E-state index contributed by atoms with van der Waals surface area (Å²) in [6.07, 6.45) is 3.29. The van der Waals surface area contributed by atoms with Gasteiger partial charge in [0.25, 0.3) is 0 Å². The van der Waals surface area contributed by atoms with Gasteiger partial charge in [-0.3, -0.25) is 10.6 Å². The number of hydrogen-bond acceptors (Lipinski definition) is 8. The lowest BCUT2D eigenvalue weighted by Crippen LogP contribution is -2.51. The van der Waals surface area contributed by atoms with Crippen molar-refractivity contribution in [3.05, 3.63) is 47.5 Å². The number of rotatable bonds is 9. The van der Waals surface area contributed by atoms with E-state index in [1.165, 1.54) is 23.4 Å². The number of phenols is 2. The third-order valence-electron chi connectivity index (χ3n) is 7.34. The lowest BCUT2D eigenvalue weighted by molar-refractivity contribution is -0.118. The Kier molecular flexibility index (Phi) is 6.97. The smallest absolute Gasteiger partial charge is 0.235 e. The number of nitrogens with two attached hydrogens (primary N) is 1. The molecule has 1 heterocycles. The predicted molar refractivity (Wildman–Crippen MR) is 138 cm³/mol. The summed E-state index contributed by atoms with van der Waals surface area (Å²) in [6, 6.07) is 11.4. The fraction of sp³-hybridized carbons (Fsp3) is 0.500. The molecule has 1 aliphatic heterocycles. The molecule has 190 valence electrons. The molecule has 2 unspecified atom stereocenters. The number of hydrazine groups is 3. The number of fused-ring (bicyclic) bond motifs is 1. The molecular formula is C26H38N6O3. The summed E-state index contributed by atoms with van der Waals surface area (Å²) in [4.78, 5) is 15.7. The molecule has 8 N–H and O–H groups in total.